The largest absolute Gasteiger partial charge is 0.377 e. The maximum Gasteiger partial charge on any atom is 0.125 e. The Hall–Kier alpha value is -1.29. The van der Waals surface area contributed by atoms with E-state index in [1.54, 1.807) is 30.3 Å². The molecule has 5 heteroatoms. The summed E-state index contributed by atoms with van der Waals surface area (Å²) in [4.78, 5) is 0. The molecule has 19 heavy (non-hydrogen) atoms. The third-order valence-electron chi connectivity index (χ3n) is 2.73. The van der Waals surface area contributed by atoms with Gasteiger partial charge in [0.2, 0.25) is 0 Å². The van der Waals surface area contributed by atoms with Gasteiger partial charge in [0.25, 0.3) is 0 Å². The molecule has 0 aliphatic heterocycles. The van der Waals surface area contributed by atoms with Crippen molar-refractivity contribution in [2.75, 3.05) is 11.9 Å². The molecule has 2 aromatic carbocycles. The number of hydrogen-bond donors (Lipinski definition) is 2. The Morgan fingerprint density at radius 3 is 2.63 bits per heavy atom. The third kappa shape index (κ3) is 3.60. The molecular formula is C14H13Cl2FN2. The molecule has 0 spiro atoms. The Kier molecular flexibility index (Phi) is 4.64. The summed E-state index contributed by atoms with van der Waals surface area (Å²) in [6.45, 7) is 0.316. The predicted octanol–water partition coefficient (Wildman–Crippen LogP) is 4.24. The first kappa shape index (κ1) is 14.1. The van der Waals surface area contributed by atoms with E-state index in [-0.39, 0.29) is 11.9 Å². The topological polar surface area (TPSA) is 38.0 Å². The van der Waals surface area contributed by atoms with Crippen molar-refractivity contribution >= 4 is 28.9 Å². The molecule has 0 fully saturated rings. The average Bonchev–Trinajstić information content (AvgIpc) is 2.39. The molecule has 0 aliphatic carbocycles. The van der Waals surface area contributed by atoms with Crippen LogP contribution in [0.1, 0.15) is 11.6 Å². The van der Waals surface area contributed by atoms with Crippen molar-refractivity contribution in [1.82, 2.24) is 0 Å². The first-order valence-electron chi connectivity index (χ1n) is 5.77. The SMILES string of the molecule is NCC(Nc1cccc(F)c1)c1cc(Cl)ccc1Cl. The van der Waals surface area contributed by atoms with E-state index in [0.29, 0.717) is 22.3 Å². The molecule has 2 nitrogen and oxygen atoms in total. The van der Waals surface area contributed by atoms with E-state index in [1.807, 2.05) is 0 Å². The van der Waals surface area contributed by atoms with E-state index < -0.39 is 0 Å². The van der Waals surface area contributed by atoms with Gasteiger partial charge in [0.1, 0.15) is 5.82 Å². The van der Waals surface area contributed by atoms with Crippen molar-refractivity contribution in [1.29, 1.82) is 0 Å². The molecule has 0 aromatic heterocycles. The van der Waals surface area contributed by atoms with Gasteiger partial charge in [0, 0.05) is 22.3 Å². The van der Waals surface area contributed by atoms with Crippen molar-refractivity contribution in [3.8, 4) is 0 Å². The van der Waals surface area contributed by atoms with E-state index in [0.717, 1.165) is 5.56 Å². The van der Waals surface area contributed by atoms with Crippen LogP contribution >= 0.6 is 23.2 Å². The van der Waals surface area contributed by atoms with Gasteiger partial charge in [-0.2, -0.15) is 0 Å². The highest BCUT2D eigenvalue weighted by Gasteiger charge is 2.14. The second kappa shape index (κ2) is 6.24. The fourth-order valence-electron chi connectivity index (χ4n) is 1.82. The van der Waals surface area contributed by atoms with Crippen molar-refractivity contribution < 1.29 is 4.39 Å². The van der Waals surface area contributed by atoms with Crippen molar-refractivity contribution in [3.05, 3.63) is 63.9 Å². The number of rotatable bonds is 4. The molecule has 3 N–H and O–H groups in total. The van der Waals surface area contributed by atoms with Gasteiger partial charge in [-0.15, -0.1) is 0 Å². The highest BCUT2D eigenvalue weighted by molar-refractivity contribution is 6.33. The lowest BCUT2D eigenvalue weighted by molar-refractivity contribution is 0.627. The Labute approximate surface area is 121 Å². The van der Waals surface area contributed by atoms with Crippen LogP contribution in [0.3, 0.4) is 0 Å². The minimum absolute atomic E-state index is 0.229. The Balaban J connectivity index is 2.27. The summed E-state index contributed by atoms with van der Waals surface area (Å²) in [5.74, 6) is -0.307. The molecule has 0 aliphatic rings. The van der Waals surface area contributed by atoms with Gasteiger partial charge in [-0.3, -0.25) is 0 Å². The summed E-state index contributed by atoms with van der Waals surface area (Å²) in [5, 5.41) is 4.30. The molecular weight excluding hydrogens is 286 g/mol. The number of nitrogens with one attached hydrogen (secondary N) is 1. The summed E-state index contributed by atoms with van der Waals surface area (Å²) >= 11 is 12.1. The Morgan fingerprint density at radius 1 is 1.16 bits per heavy atom. The molecule has 1 atom stereocenters. The summed E-state index contributed by atoms with van der Waals surface area (Å²) in [7, 11) is 0. The molecule has 0 saturated carbocycles. The van der Waals surface area contributed by atoms with Crippen LogP contribution in [0.2, 0.25) is 10.0 Å². The number of nitrogens with two attached hydrogens (primary N) is 1. The highest BCUT2D eigenvalue weighted by atomic mass is 35.5. The molecule has 0 heterocycles. The zero-order chi connectivity index (χ0) is 13.8. The van der Waals surface area contributed by atoms with Crippen LogP contribution in [-0.4, -0.2) is 6.54 Å². The fourth-order valence-corrected chi connectivity index (χ4v) is 2.25. The van der Waals surface area contributed by atoms with Crippen LogP contribution in [0.5, 0.6) is 0 Å². The summed E-state index contributed by atoms with van der Waals surface area (Å²) in [6, 6.07) is 11.1. The monoisotopic (exact) mass is 298 g/mol. The van der Waals surface area contributed by atoms with Crippen molar-refractivity contribution in [2.45, 2.75) is 6.04 Å². The molecule has 2 rings (SSSR count). The van der Waals surface area contributed by atoms with Crippen molar-refractivity contribution in [2.24, 2.45) is 5.73 Å². The third-order valence-corrected chi connectivity index (χ3v) is 3.31. The normalized spacial score (nSPS) is 12.2. The van der Waals surface area contributed by atoms with Crippen LogP contribution in [0.15, 0.2) is 42.5 Å². The van der Waals surface area contributed by atoms with E-state index in [2.05, 4.69) is 5.32 Å². The van der Waals surface area contributed by atoms with Gasteiger partial charge in [-0.05, 0) is 42.0 Å². The standard InChI is InChI=1S/C14H13Cl2FN2/c15-9-4-5-13(16)12(6-9)14(8-18)19-11-3-1-2-10(17)7-11/h1-7,14,19H,8,18H2. The fraction of sp³-hybridized carbons (Fsp3) is 0.143. The number of hydrogen-bond acceptors (Lipinski definition) is 2. The van der Waals surface area contributed by atoms with Crippen LogP contribution in [0.4, 0.5) is 10.1 Å². The van der Waals surface area contributed by atoms with Crippen LogP contribution < -0.4 is 11.1 Å². The van der Waals surface area contributed by atoms with Gasteiger partial charge >= 0.3 is 0 Å². The predicted molar refractivity (Wildman–Crippen MR) is 78.3 cm³/mol. The van der Waals surface area contributed by atoms with E-state index >= 15 is 0 Å². The molecule has 0 saturated heterocycles. The second-order valence-electron chi connectivity index (χ2n) is 4.11. The summed E-state index contributed by atoms with van der Waals surface area (Å²) in [5.41, 5.74) is 7.19. The van der Waals surface area contributed by atoms with Gasteiger partial charge in [-0.1, -0.05) is 29.3 Å². The minimum Gasteiger partial charge on any atom is -0.377 e. The summed E-state index contributed by atoms with van der Waals surface area (Å²) in [6.07, 6.45) is 0. The van der Waals surface area contributed by atoms with Gasteiger partial charge in [0.15, 0.2) is 0 Å². The Morgan fingerprint density at radius 2 is 1.95 bits per heavy atom. The van der Waals surface area contributed by atoms with Crippen LogP contribution in [0, 0.1) is 5.82 Å². The van der Waals surface area contributed by atoms with Crippen molar-refractivity contribution in [3.63, 3.8) is 0 Å². The van der Waals surface area contributed by atoms with Gasteiger partial charge < -0.3 is 11.1 Å². The first-order chi connectivity index (χ1) is 9.10. The average molecular weight is 299 g/mol. The molecule has 100 valence electrons. The van der Waals surface area contributed by atoms with E-state index in [9.17, 15) is 4.39 Å². The van der Waals surface area contributed by atoms with E-state index in [4.69, 9.17) is 28.9 Å². The Bertz CT molecular complexity index is 575. The van der Waals surface area contributed by atoms with Crippen LogP contribution in [-0.2, 0) is 0 Å². The lowest BCUT2D eigenvalue weighted by Gasteiger charge is -2.20. The molecule has 0 amide bonds. The zero-order valence-corrected chi connectivity index (χ0v) is 11.5. The van der Waals surface area contributed by atoms with Gasteiger partial charge in [-0.25, -0.2) is 4.39 Å². The highest BCUT2D eigenvalue weighted by Crippen LogP contribution is 2.28. The summed E-state index contributed by atoms with van der Waals surface area (Å²) < 4.78 is 13.1. The molecule has 1 unspecified atom stereocenters. The lowest BCUT2D eigenvalue weighted by atomic mass is 10.1. The van der Waals surface area contributed by atoms with E-state index in [1.165, 1.54) is 12.1 Å². The smallest absolute Gasteiger partial charge is 0.125 e. The van der Waals surface area contributed by atoms with Crippen LogP contribution in [0.25, 0.3) is 0 Å². The number of anilines is 1. The second-order valence-corrected chi connectivity index (χ2v) is 4.95. The minimum atomic E-state index is -0.307. The maximum atomic E-state index is 13.1. The molecule has 2 aromatic rings. The number of benzene rings is 2. The first-order valence-corrected chi connectivity index (χ1v) is 6.53. The molecule has 0 radical (unpaired) electrons. The number of halogens is 3. The molecule has 0 bridgehead atoms. The lowest BCUT2D eigenvalue weighted by Crippen LogP contribution is -2.21. The maximum absolute atomic E-state index is 13.1. The zero-order valence-electron chi connectivity index (χ0n) is 10.0. The quantitative estimate of drug-likeness (QED) is 0.886. The van der Waals surface area contributed by atoms with Gasteiger partial charge in [0.05, 0.1) is 6.04 Å².